The molecule has 0 N–H and O–H groups in total. The van der Waals surface area contributed by atoms with E-state index in [1.807, 2.05) is 29.5 Å². The summed E-state index contributed by atoms with van der Waals surface area (Å²) in [5.41, 5.74) is 7.67. The van der Waals surface area contributed by atoms with Crippen LogP contribution >= 0.6 is 11.3 Å². The highest BCUT2D eigenvalue weighted by Gasteiger charge is 2.17. The van der Waals surface area contributed by atoms with Gasteiger partial charge in [0.1, 0.15) is 0 Å². The van der Waals surface area contributed by atoms with Gasteiger partial charge in [0.25, 0.3) is 0 Å². The molecule has 0 saturated carbocycles. The van der Waals surface area contributed by atoms with Crippen molar-refractivity contribution >= 4 is 53.1 Å². The van der Waals surface area contributed by atoms with Crippen LogP contribution in [0.1, 0.15) is 0 Å². The predicted molar refractivity (Wildman–Crippen MR) is 215 cm³/mol. The summed E-state index contributed by atoms with van der Waals surface area (Å²) in [6, 6.07) is 62.1. The maximum Gasteiger partial charge on any atom is 0.164 e. The lowest BCUT2D eigenvalue weighted by atomic mass is 9.94. The second kappa shape index (κ2) is 12.1. The monoisotopic (exact) mass is 667 g/mol. The Morgan fingerprint density at radius 1 is 0.333 bits per heavy atom. The van der Waals surface area contributed by atoms with Gasteiger partial charge in [0.2, 0.25) is 0 Å². The van der Waals surface area contributed by atoms with Crippen molar-refractivity contribution in [1.82, 2.24) is 15.0 Å². The highest BCUT2D eigenvalue weighted by molar-refractivity contribution is 7.26. The molecular weight excluding hydrogens is 639 g/mol. The van der Waals surface area contributed by atoms with E-state index < -0.39 is 0 Å². The molecule has 8 aromatic carbocycles. The third kappa shape index (κ3) is 5.16. The molecule has 0 radical (unpaired) electrons. The maximum absolute atomic E-state index is 5.19. The fourth-order valence-corrected chi connectivity index (χ4v) is 8.49. The smallest absolute Gasteiger partial charge is 0.164 e. The van der Waals surface area contributed by atoms with Crippen LogP contribution in [-0.4, -0.2) is 15.0 Å². The van der Waals surface area contributed by atoms with E-state index in [9.17, 15) is 0 Å². The van der Waals surface area contributed by atoms with Gasteiger partial charge in [-0.25, -0.2) is 15.0 Å². The molecule has 51 heavy (non-hydrogen) atoms. The average Bonchev–Trinajstić information content (AvgIpc) is 3.59. The fraction of sp³-hybridized carbons (Fsp3) is 0. The zero-order valence-electron chi connectivity index (χ0n) is 27.5. The van der Waals surface area contributed by atoms with Crippen LogP contribution in [0.5, 0.6) is 0 Å². The van der Waals surface area contributed by atoms with E-state index in [1.54, 1.807) is 0 Å². The molecule has 2 aromatic heterocycles. The summed E-state index contributed by atoms with van der Waals surface area (Å²) < 4.78 is 2.64. The normalized spacial score (nSPS) is 11.5. The zero-order chi connectivity index (χ0) is 33.7. The Morgan fingerprint density at radius 2 is 0.902 bits per heavy atom. The van der Waals surface area contributed by atoms with Crippen molar-refractivity contribution in [2.45, 2.75) is 0 Å². The maximum atomic E-state index is 5.19. The lowest BCUT2D eigenvalue weighted by Gasteiger charge is -2.13. The van der Waals surface area contributed by atoms with Crippen LogP contribution in [-0.2, 0) is 0 Å². The highest BCUT2D eigenvalue weighted by Crippen LogP contribution is 2.41. The first-order valence-corrected chi connectivity index (χ1v) is 17.9. The van der Waals surface area contributed by atoms with E-state index in [1.165, 1.54) is 36.7 Å². The molecule has 0 fully saturated rings. The quantitative estimate of drug-likeness (QED) is 0.183. The minimum Gasteiger partial charge on any atom is -0.208 e. The topological polar surface area (TPSA) is 38.7 Å². The van der Waals surface area contributed by atoms with Gasteiger partial charge in [-0.1, -0.05) is 158 Å². The Morgan fingerprint density at radius 3 is 1.69 bits per heavy atom. The minimum atomic E-state index is 0.647. The summed E-state index contributed by atoms with van der Waals surface area (Å²) in [7, 11) is 0. The summed E-state index contributed by atoms with van der Waals surface area (Å²) >= 11 is 1.86. The molecule has 4 heteroatoms. The molecule has 10 aromatic rings. The van der Waals surface area contributed by atoms with E-state index >= 15 is 0 Å². The van der Waals surface area contributed by atoms with E-state index in [4.69, 9.17) is 15.0 Å². The summed E-state index contributed by atoms with van der Waals surface area (Å²) in [5, 5.41) is 7.21. The van der Waals surface area contributed by atoms with Crippen molar-refractivity contribution in [2.75, 3.05) is 0 Å². The van der Waals surface area contributed by atoms with Crippen molar-refractivity contribution < 1.29 is 0 Å². The fourth-order valence-electron chi connectivity index (χ4n) is 7.25. The van der Waals surface area contributed by atoms with Gasteiger partial charge >= 0.3 is 0 Å². The number of thiophene rings is 1. The van der Waals surface area contributed by atoms with Crippen LogP contribution in [0.2, 0.25) is 0 Å². The summed E-state index contributed by atoms with van der Waals surface area (Å²) in [5.74, 6) is 1.95. The molecule has 3 nitrogen and oxygen atoms in total. The highest BCUT2D eigenvalue weighted by atomic mass is 32.1. The van der Waals surface area contributed by atoms with Gasteiger partial charge in [0, 0.05) is 42.2 Å². The Kier molecular flexibility index (Phi) is 7.00. The first-order chi connectivity index (χ1) is 25.3. The number of rotatable bonds is 5. The molecule has 2 heterocycles. The summed E-state index contributed by atoms with van der Waals surface area (Å²) in [4.78, 5) is 15.4. The number of fused-ring (bicyclic) bond motifs is 5. The third-order valence-corrected chi connectivity index (χ3v) is 10.9. The molecule has 0 atom stereocenters. The Bertz CT molecular complexity index is 2910. The molecule has 0 aliphatic rings. The van der Waals surface area contributed by atoms with Crippen molar-refractivity contribution in [3.63, 3.8) is 0 Å². The summed E-state index contributed by atoms with van der Waals surface area (Å²) in [6.45, 7) is 0. The van der Waals surface area contributed by atoms with E-state index in [2.05, 4.69) is 158 Å². The van der Waals surface area contributed by atoms with Crippen molar-refractivity contribution in [3.05, 3.63) is 176 Å². The van der Waals surface area contributed by atoms with E-state index in [-0.39, 0.29) is 0 Å². The first-order valence-electron chi connectivity index (χ1n) is 17.1. The number of hydrogen-bond acceptors (Lipinski definition) is 4. The number of nitrogens with zero attached hydrogens (tertiary/aromatic N) is 3. The molecule has 0 unspecified atom stereocenters. The molecule has 0 aliphatic carbocycles. The van der Waals surface area contributed by atoms with Crippen LogP contribution in [0, 0.1) is 0 Å². The Labute approximate surface area is 299 Å². The van der Waals surface area contributed by atoms with Gasteiger partial charge in [-0.3, -0.25) is 0 Å². The number of aromatic nitrogens is 3. The number of benzene rings is 8. The molecule has 10 rings (SSSR count). The van der Waals surface area contributed by atoms with Gasteiger partial charge in [0.05, 0.1) is 0 Å². The lowest BCUT2D eigenvalue weighted by Crippen LogP contribution is -2.01. The molecular formula is C47H29N3S. The molecule has 0 amide bonds. The van der Waals surface area contributed by atoms with Gasteiger partial charge in [-0.15, -0.1) is 11.3 Å². The van der Waals surface area contributed by atoms with Crippen molar-refractivity contribution in [3.8, 4) is 56.4 Å². The van der Waals surface area contributed by atoms with Gasteiger partial charge in [0.15, 0.2) is 17.5 Å². The molecule has 0 bridgehead atoms. The van der Waals surface area contributed by atoms with Crippen LogP contribution in [0.25, 0.3) is 98.1 Å². The van der Waals surface area contributed by atoms with Crippen LogP contribution in [0.15, 0.2) is 176 Å². The molecule has 0 aliphatic heterocycles. The zero-order valence-corrected chi connectivity index (χ0v) is 28.3. The largest absolute Gasteiger partial charge is 0.208 e. The SMILES string of the molecule is c1ccc(-c2nc(-c3ccc4cc(-c5cccc6c5sc5ccccc56)ccc4c3)nc(-c3cccc4cccc(-c5ccccc5)c34)n2)cc1. The molecule has 0 spiro atoms. The lowest BCUT2D eigenvalue weighted by molar-refractivity contribution is 1.08. The van der Waals surface area contributed by atoms with Crippen LogP contribution < -0.4 is 0 Å². The number of hydrogen-bond donors (Lipinski definition) is 0. The Balaban J connectivity index is 1.12. The van der Waals surface area contributed by atoms with E-state index in [0.29, 0.717) is 17.5 Å². The van der Waals surface area contributed by atoms with Gasteiger partial charge < -0.3 is 0 Å². The predicted octanol–water partition coefficient (Wildman–Crippen LogP) is 12.9. The second-order valence-electron chi connectivity index (χ2n) is 12.8. The third-order valence-electron chi connectivity index (χ3n) is 9.71. The van der Waals surface area contributed by atoms with Gasteiger partial charge in [-0.05, 0) is 56.6 Å². The van der Waals surface area contributed by atoms with Gasteiger partial charge in [-0.2, -0.15) is 0 Å². The van der Waals surface area contributed by atoms with E-state index in [0.717, 1.165) is 44.0 Å². The molecule has 0 saturated heterocycles. The van der Waals surface area contributed by atoms with Crippen LogP contribution in [0.4, 0.5) is 0 Å². The first kappa shape index (κ1) is 29.4. The van der Waals surface area contributed by atoms with Crippen LogP contribution in [0.3, 0.4) is 0 Å². The Hall–Kier alpha value is -6.49. The summed E-state index contributed by atoms with van der Waals surface area (Å²) in [6.07, 6.45) is 0. The van der Waals surface area contributed by atoms with Crippen molar-refractivity contribution in [2.24, 2.45) is 0 Å². The average molecular weight is 668 g/mol. The van der Waals surface area contributed by atoms with Crippen molar-refractivity contribution in [1.29, 1.82) is 0 Å². The molecule has 238 valence electrons. The standard InChI is InChI=1S/C47H29N3S/c1-3-12-30(13-4-1)37-19-9-16-31-17-10-22-41(43(31)37)47-49-45(32-14-5-2-6-15-32)48-46(50-47)36-27-25-33-28-35(26-24-34(33)29-36)38-20-11-21-40-39-18-7-8-23-42(39)51-44(38)40/h1-29H. The minimum absolute atomic E-state index is 0.647. The second-order valence-corrected chi connectivity index (χ2v) is 13.9.